The summed E-state index contributed by atoms with van der Waals surface area (Å²) in [5.74, 6) is 0.659. The molecule has 0 fully saturated rings. The van der Waals surface area contributed by atoms with Crippen molar-refractivity contribution in [1.82, 2.24) is 0 Å². The molecule has 0 N–H and O–H groups in total. The summed E-state index contributed by atoms with van der Waals surface area (Å²) in [7, 11) is 1.56. The Hall–Kier alpha value is -1.05. The Balaban J connectivity index is 3.40. The first kappa shape index (κ1) is 13.0. The van der Waals surface area contributed by atoms with Crippen LogP contribution < -0.4 is 4.74 Å². The monoisotopic (exact) mass is 388 g/mol. The summed E-state index contributed by atoms with van der Waals surface area (Å²) in [6.45, 7) is 0. The van der Waals surface area contributed by atoms with Gasteiger partial charge < -0.3 is 4.74 Å². The Morgan fingerprint density at radius 1 is 1.44 bits per heavy atom. The van der Waals surface area contributed by atoms with Crippen LogP contribution in [-0.4, -0.2) is 7.11 Å². The molecule has 0 saturated heterocycles. The van der Waals surface area contributed by atoms with Crippen molar-refractivity contribution in [3.63, 3.8) is 0 Å². The zero-order valence-corrected chi connectivity index (χ0v) is 12.0. The molecule has 1 rings (SSSR count). The SMILES string of the molecule is COc1c(I)cc(Br)cc1C=C(C#N)C#N. The van der Waals surface area contributed by atoms with E-state index in [2.05, 4.69) is 38.5 Å². The van der Waals surface area contributed by atoms with Gasteiger partial charge >= 0.3 is 0 Å². The number of methoxy groups -OCH3 is 1. The quantitative estimate of drug-likeness (QED) is 0.575. The predicted octanol–water partition coefficient (Wildman–Crippen LogP) is 3.49. The molecule has 0 heterocycles. The van der Waals surface area contributed by atoms with E-state index in [1.165, 1.54) is 6.08 Å². The van der Waals surface area contributed by atoms with Crippen LogP contribution >= 0.6 is 38.5 Å². The topological polar surface area (TPSA) is 56.8 Å². The van der Waals surface area contributed by atoms with E-state index in [-0.39, 0.29) is 5.57 Å². The van der Waals surface area contributed by atoms with Crippen LogP contribution in [0, 0.1) is 26.2 Å². The number of nitrogens with zero attached hydrogens (tertiary/aromatic N) is 2. The van der Waals surface area contributed by atoms with Crippen LogP contribution in [0.2, 0.25) is 0 Å². The van der Waals surface area contributed by atoms with Crippen LogP contribution in [0.3, 0.4) is 0 Å². The minimum atomic E-state index is 0.0483. The molecule has 0 atom stereocenters. The van der Waals surface area contributed by atoms with Crippen LogP contribution in [0.4, 0.5) is 0 Å². The van der Waals surface area contributed by atoms with Crippen molar-refractivity contribution >= 4 is 44.6 Å². The van der Waals surface area contributed by atoms with Gasteiger partial charge in [-0.1, -0.05) is 15.9 Å². The maximum absolute atomic E-state index is 8.69. The number of allylic oxidation sites excluding steroid dienone is 1. The fraction of sp³-hybridized carbons (Fsp3) is 0.0909. The van der Waals surface area contributed by atoms with E-state index in [0.29, 0.717) is 11.3 Å². The number of hydrogen-bond acceptors (Lipinski definition) is 3. The zero-order valence-electron chi connectivity index (χ0n) is 8.29. The minimum Gasteiger partial charge on any atom is -0.495 e. The van der Waals surface area contributed by atoms with Crippen molar-refractivity contribution in [3.8, 4) is 17.9 Å². The second-order valence-corrected chi connectivity index (χ2v) is 4.87. The van der Waals surface area contributed by atoms with Crippen molar-refractivity contribution in [2.75, 3.05) is 7.11 Å². The van der Waals surface area contributed by atoms with Crippen LogP contribution in [-0.2, 0) is 0 Å². The summed E-state index contributed by atoms with van der Waals surface area (Å²) in [4.78, 5) is 0. The molecule has 0 aliphatic rings. The molecule has 0 spiro atoms. The third-order valence-corrected chi connectivity index (χ3v) is 3.04. The maximum atomic E-state index is 8.69. The highest BCUT2D eigenvalue weighted by molar-refractivity contribution is 14.1. The fourth-order valence-electron chi connectivity index (χ4n) is 1.15. The Bertz CT molecular complexity index is 510. The third kappa shape index (κ3) is 2.97. The average Bonchev–Trinajstić information content (AvgIpc) is 2.25. The molecule has 0 aliphatic carbocycles. The number of benzene rings is 1. The van der Waals surface area contributed by atoms with Gasteiger partial charge in [0, 0.05) is 10.0 Å². The van der Waals surface area contributed by atoms with Crippen molar-refractivity contribution < 1.29 is 4.74 Å². The summed E-state index contributed by atoms with van der Waals surface area (Å²) in [6, 6.07) is 7.33. The predicted molar refractivity (Wildman–Crippen MR) is 72.6 cm³/mol. The average molecular weight is 389 g/mol. The van der Waals surface area contributed by atoms with Gasteiger partial charge in [-0.3, -0.25) is 0 Å². The van der Waals surface area contributed by atoms with E-state index in [0.717, 1.165) is 8.04 Å². The second kappa shape index (κ2) is 5.88. The van der Waals surface area contributed by atoms with Gasteiger partial charge in [-0.25, -0.2) is 0 Å². The highest BCUT2D eigenvalue weighted by atomic mass is 127. The van der Waals surface area contributed by atoms with E-state index in [1.54, 1.807) is 13.2 Å². The first-order chi connectivity index (χ1) is 7.62. The molecular formula is C11H6BrIN2O. The highest BCUT2D eigenvalue weighted by Crippen LogP contribution is 2.31. The molecule has 0 radical (unpaired) electrons. The van der Waals surface area contributed by atoms with E-state index in [4.69, 9.17) is 15.3 Å². The molecule has 5 heteroatoms. The molecule has 3 nitrogen and oxygen atoms in total. The summed E-state index contributed by atoms with van der Waals surface area (Å²) in [6.07, 6.45) is 1.51. The van der Waals surface area contributed by atoms with Gasteiger partial charge in [0.25, 0.3) is 0 Å². The fourth-order valence-corrected chi connectivity index (χ4v) is 2.92. The smallest absolute Gasteiger partial charge is 0.139 e. The van der Waals surface area contributed by atoms with E-state index < -0.39 is 0 Å². The number of rotatable bonds is 2. The number of nitriles is 2. The lowest BCUT2D eigenvalue weighted by molar-refractivity contribution is 0.411. The molecule has 0 saturated carbocycles. The highest BCUT2D eigenvalue weighted by Gasteiger charge is 2.08. The van der Waals surface area contributed by atoms with E-state index >= 15 is 0 Å². The van der Waals surface area contributed by atoms with Crippen LogP contribution in [0.1, 0.15) is 5.56 Å². The molecule has 16 heavy (non-hydrogen) atoms. The molecular weight excluding hydrogens is 383 g/mol. The van der Waals surface area contributed by atoms with E-state index in [1.807, 2.05) is 18.2 Å². The Morgan fingerprint density at radius 2 is 2.06 bits per heavy atom. The summed E-state index contributed by atoms with van der Waals surface area (Å²) < 4.78 is 7.02. The Labute approximate surface area is 116 Å². The number of hydrogen-bond donors (Lipinski definition) is 0. The van der Waals surface area contributed by atoms with Crippen molar-refractivity contribution in [2.24, 2.45) is 0 Å². The number of ether oxygens (including phenoxy) is 1. The molecule has 0 bridgehead atoms. The van der Waals surface area contributed by atoms with Crippen LogP contribution in [0.5, 0.6) is 5.75 Å². The minimum absolute atomic E-state index is 0.0483. The van der Waals surface area contributed by atoms with Gasteiger partial charge in [-0.2, -0.15) is 10.5 Å². The normalized spacial score (nSPS) is 8.81. The molecule has 0 amide bonds. The maximum Gasteiger partial charge on any atom is 0.139 e. The zero-order chi connectivity index (χ0) is 12.1. The first-order valence-electron chi connectivity index (χ1n) is 4.17. The van der Waals surface area contributed by atoms with Gasteiger partial charge in [-0.05, 0) is 40.8 Å². The first-order valence-corrected chi connectivity index (χ1v) is 6.04. The third-order valence-electron chi connectivity index (χ3n) is 1.78. The standard InChI is InChI=1S/C11H6BrIN2O/c1-16-11-8(2-7(5-14)6-15)3-9(12)4-10(11)13/h2-4H,1H3. The molecule has 1 aromatic rings. The summed E-state index contributed by atoms with van der Waals surface area (Å²) in [5.41, 5.74) is 0.756. The lowest BCUT2D eigenvalue weighted by Crippen LogP contribution is -1.91. The van der Waals surface area contributed by atoms with Gasteiger partial charge in [0.05, 0.1) is 10.7 Å². The lowest BCUT2D eigenvalue weighted by atomic mass is 10.1. The van der Waals surface area contributed by atoms with Crippen LogP contribution in [0.15, 0.2) is 22.2 Å². The molecule has 0 unspecified atom stereocenters. The summed E-state index contributed by atoms with van der Waals surface area (Å²) >= 11 is 5.49. The lowest BCUT2D eigenvalue weighted by Gasteiger charge is -2.08. The molecule has 80 valence electrons. The molecule has 0 aliphatic heterocycles. The van der Waals surface area contributed by atoms with Gasteiger partial charge in [0.15, 0.2) is 0 Å². The van der Waals surface area contributed by atoms with Gasteiger partial charge in [-0.15, -0.1) is 0 Å². The molecule has 1 aromatic carbocycles. The summed E-state index contributed by atoms with van der Waals surface area (Å²) in [5, 5.41) is 17.4. The van der Waals surface area contributed by atoms with Crippen molar-refractivity contribution in [3.05, 3.63) is 31.3 Å². The number of halogens is 2. The Morgan fingerprint density at radius 3 is 2.56 bits per heavy atom. The van der Waals surface area contributed by atoms with E-state index in [9.17, 15) is 0 Å². The molecule has 0 aromatic heterocycles. The van der Waals surface area contributed by atoms with Gasteiger partial charge in [0.2, 0.25) is 0 Å². The van der Waals surface area contributed by atoms with Gasteiger partial charge in [0.1, 0.15) is 23.5 Å². The second-order valence-electron chi connectivity index (χ2n) is 2.79. The van der Waals surface area contributed by atoms with Crippen molar-refractivity contribution in [2.45, 2.75) is 0 Å². The van der Waals surface area contributed by atoms with Crippen molar-refractivity contribution in [1.29, 1.82) is 10.5 Å². The largest absolute Gasteiger partial charge is 0.495 e. The Kier molecular flexibility index (Phi) is 4.78. The van der Waals surface area contributed by atoms with Crippen LogP contribution in [0.25, 0.3) is 6.08 Å².